The molecule has 0 aromatic carbocycles. The van der Waals surface area contributed by atoms with Crippen molar-refractivity contribution in [2.75, 3.05) is 6.54 Å². The molecule has 1 aliphatic heterocycles. The fourth-order valence-corrected chi connectivity index (χ4v) is 3.88. The Morgan fingerprint density at radius 1 is 1.26 bits per heavy atom. The highest BCUT2D eigenvalue weighted by molar-refractivity contribution is 5.73. The number of rotatable bonds is 4. The van der Waals surface area contributed by atoms with Crippen molar-refractivity contribution in [3.8, 4) is 0 Å². The lowest BCUT2D eigenvalue weighted by molar-refractivity contribution is -0.137. The third-order valence-corrected chi connectivity index (χ3v) is 5.14. The summed E-state index contributed by atoms with van der Waals surface area (Å²) in [7, 11) is 0. The molecule has 1 aromatic heterocycles. The average molecular weight is 319 g/mol. The highest BCUT2D eigenvalue weighted by Crippen LogP contribution is 2.36. The Balaban J connectivity index is 1.91. The SMILES string of the molecule is CC(=O)N1CCc2c(c(C3CCCCC3)nn2CCC(=O)O)C1. The molecule has 0 spiro atoms. The predicted molar refractivity (Wildman–Crippen MR) is 85.1 cm³/mol. The Morgan fingerprint density at radius 3 is 2.65 bits per heavy atom. The molecular formula is C17H25N3O3. The van der Waals surface area contributed by atoms with Crippen LogP contribution in [0.4, 0.5) is 0 Å². The van der Waals surface area contributed by atoms with Gasteiger partial charge in [0.15, 0.2) is 0 Å². The fraction of sp³-hybridized carbons (Fsp3) is 0.706. The van der Waals surface area contributed by atoms with Crippen LogP contribution in [-0.2, 0) is 29.1 Å². The lowest BCUT2D eigenvalue weighted by Crippen LogP contribution is -2.35. The Hall–Kier alpha value is -1.85. The zero-order valence-corrected chi connectivity index (χ0v) is 13.8. The van der Waals surface area contributed by atoms with Crippen molar-refractivity contribution in [2.45, 2.75) is 70.9 Å². The number of aliphatic carboxylic acids is 1. The van der Waals surface area contributed by atoms with Gasteiger partial charge in [0, 0.05) is 43.6 Å². The number of fused-ring (bicyclic) bond motifs is 1. The van der Waals surface area contributed by atoms with Crippen molar-refractivity contribution in [1.82, 2.24) is 14.7 Å². The number of carboxylic acids is 1. The molecule has 0 bridgehead atoms. The molecule has 3 rings (SSSR count). The van der Waals surface area contributed by atoms with Crippen LogP contribution in [0.2, 0.25) is 0 Å². The van der Waals surface area contributed by atoms with E-state index in [2.05, 4.69) is 0 Å². The van der Waals surface area contributed by atoms with E-state index in [1.807, 2.05) is 9.58 Å². The summed E-state index contributed by atoms with van der Waals surface area (Å²) in [6.45, 7) is 3.36. The molecule has 0 atom stereocenters. The molecule has 0 radical (unpaired) electrons. The average Bonchev–Trinajstić information content (AvgIpc) is 2.91. The van der Waals surface area contributed by atoms with E-state index in [0.717, 1.165) is 30.7 Å². The van der Waals surface area contributed by atoms with Crippen molar-refractivity contribution < 1.29 is 14.7 Å². The molecule has 1 saturated carbocycles. The van der Waals surface area contributed by atoms with E-state index in [1.165, 1.54) is 24.8 Å². The minimum atomic E-state index is -0.797. The normalized spacial score (nSPS) is 18.7. The van der Waals surface area contributed by atoms with E-state index in [4.69, 9.17) is 10.2 Å². The predicted octanol–water partition coefficient (Wildman–Crippen LogP) is 2.31. The number of carboxylic acid groups (broad SMARTS) is 1. The van der Waals surface area contributed by atoms with Gasteiger partial charge in [-0.3, -0.25) is 14.3 Å². The van der Waals surface area contributed by atoms with Gasteiger partial charge in [0.05, 0.1) is 18.7 Å². The maximum absolute atomic E-state index is 11.7. The van der Waals surface area contributed by atoms with Crippen molar-refractivity contribution in [3.63, 3.8) is 0 Å². The number of nitrogens with zero attached hydrogens (tertiary/aromatic N) is 3. The summed E-state index contributed by atoms with van der Waals surface area (Å²) in [6, 6.07) is 0. The lowest BCUT2D eigenvalue weighted by Gasteiger charge is -2.28. The van der Waals surface area contributed by atoms with E-state index in [9.17, 15) is 9.59 Å². The molecule has 1 fully saturated rings. The van der Waals surface area contributed by atoms with E-state index in [1.54, 1.807) is 6.92 Å². The first-order valence-corrected chi connectivity index (χ1v) is 8.62. The summed E-state index contributed by atoms with van der Waals surface area (Å²) in [6.07, 6.45) is 6.93. The third-order valence-electron chi connectivity index (χ3n) is 5.14. The Bertz CT molecular complexity index is 602. The number of aromatic nitrogens is 2. The monoisotopic (exact) mass is 319 g/mol. The summed E-state index contributed by atoms with van der Waals surface area (Å²) in [4.78, 5) is 24.5. The molecule has 6 nitrogen and oxygen atoms in total. The summed E-state index contributed by atoms with van der Waals surface area (Å²) < 4.78 is 1.89. The van der Waals surface area contributed by atoms with Crippen molar-refractivity contribution in [2.24, 2.45) is 0 Å². The number of carbonyl (C=O) groups is 2. The van der Waals surface area contributed by atoms with Gasteiger partial charge in [0.25, 0.3) is 0 Å². The zero-order chi connectivity index (χ0) is 16.4. The minimum absolute atomic E-state index is 0.0919. The van der Waals surface area contributed by atoms with Crippen LogP contribution in [0.1, 0.15) is 68.3 Å². The molecule has 2 aliphatic rings. The Labute approximate surface area is 136 Å². The molecule has 1 amide bonds. The molecule has 126 valence electrons. The molecule has 1 aromatic rings. The molecule has 23 heavy (non-hydrogen) atoms. The Kier molecular flexibility index (Phi) is 4.68. The quantitative estimate of drug-likeness (QED) is 0.924. The number of amides is 1. The second kappa shape index (κ2) is 6.72. The smallest absolute Gasteiger partial charge is 0.305 e. The first kappa shape index (κ1) is 16.0. The van der Waals surface area contributed by atoms with E-state index in [0.29, 0.717) is 25.6 Å². The third kappa shape index (κ3) is 3.41. The first-order valence-electron chi connectivity index (χ1n) is 8.62. The largest absolute Gasteiger partial charge is 0.481 e. The van der Waals surface area contributed by atoms with Crippen molar-refractivity contribution in [1.29, 1.82) is 0 Å². The standard InChI is InChI=1S/C17H25N3O3/c1-12(21)19-9-7-15-14(11-19)17(13-5-3-2-4-6-13)18-20(15)10-8-16(22)23/h13H,2-11H2,1H3,(H,22,23). The molecular weight excluding hydrogens is 294 g/mol. The molecule has 0 unspecified atom stereocenters. The minimum Gasteiger partial charge on any atom is -0.481 e. The van der Waals surface area contributed by atoms with Crippen LogP contribution in [0, 0.1) is 0 Å². The molecule has 6 heteroatoms. The molecule has 0 saturated heterocycles. The Morgan fingerprint density at radius 2 is 2.00 bits per heavy atom. The van der Waals surface area contributed by atoms with Gasteiger partial charge < -0.3 is 10.0 Å². The second-order valence-electron chi connectivity index (χ2n) is 6.70. The number of carbonyl (C=O) groups excluding carboxylic acids is 1. The summed E-state index contributed by atoms with van der Waals surface area (Å²) >= 11 is 0. The molecule has 2 heterocycles. The lowest BCUT2D eigenvalue weighted by atomic mass is 9.84. The molecule has 1 aliphatic carbocycles. The first-order chi connectivity index (χ1) is 11.1. The number of hydrogen-bond acceptors (Lipinski definition) is 3. The highest BCUT2D eigenvalue weighted by atomic mass is 16.4. The highest BCUT2D eigenvalue weighted by Gasteiger charge is 2.30. The second-order valence-corrected chi connectivity index (χ2v) is 6.70. The van der Waals surface area contributed by atoms with Gasteiger partial charge in [0.2, 0.25) is 5.91 Å². The topological polar surface area (TPSA) is 75.4 Å². The van der Waals surface area contributed by atoms with Gasteiger partial charge in [-0.2, -0.15) is 5.10 Å². The van der Waals surface area contributed by atoms with Crippen LogP contribution in [0.15, 0.2) is 0 Å². The number of hydrogen-bond donors (Lipinski definition) is 1. The van der Waals surface area contributed by atoms with Gasteiger partial charge in [-0.25, -0.2) is 0 Å². The molecule has 1 N–H and O–H groups in total. The van der Waals surface area contributed by atoms with E-state index < -0.39 is 5.97 Å². The van der Waals surface area contributed by atoms with Crippen LogP contribution in [0.3, 0.4) is 0 Å². The summed E-state index contributed by atoms with van der Waals surface area (Å²) in [5.41, 5.74) is 3.45. The van der Waals surface area contributed by atoms with E-state index in [-0.39, 0.29) is 12.3 Å². The fourth-order valence-electron chi connectivity index (χ4n) is 3.88. The maximum atomic E-state index is 11.7. The number of aryl methyl sites for hydroxylation is 1. The maximum Gasteiger partial charge on any atom is 0.305 e. The van der Waals surface area contributed by atoms with Gasteiger partial charge in [-0.1, -0.05) is 19.3 Å². The van der Waals surface area contributed by atoms with Crippen molar-refractivity contribution in [3.05, 3.63) is 17.0 Å². The van der Waals surface area contributed by atoms with E-state index >= 15 is 0 Å². The van der Waals surface area contributed by atoms with Crippen molar-refractivity contribution >= 4 is 11.9 Å². The van der Waals surface area contributed by atoms with Gasteiger partial charge in [-0.15, -0.1) is 0 Å². The van der Waals surface area contributed by atoms with Crippen LogP contribution in [-0.4, -0.2) is 38.2 Å². The summed E-state index contributed by atoms with van der Waals surface area (Å²) in [5, 5.41) is 13.8. The van der Waals surface area contributed by atoms with Crippen LogP contribution in [0.5, 0.6) is 0 Å². The zero-order valence-electron chi connectivity index (χ0n) is 13.8. The van der Waals surface area contributed by atoms with Crippen LogP contribution >= 0.6 is 0 Å². The van der Waals surface area contributed by atoms with Gasteiger partial charge in [-0.05, 0) is 12.8 Å². The van der Waals surface area contributed by atoms with Crippen LogP contribution < -0.4 is 0 Å². The van der Waals surface area contributed by atoms with Gasteiger partial charge in [0.1, 0.15) is 0 Å². The van der Waals surface area contributed by atoms with Gasteiger partial charge >= 0.3 is 5.97 Å². The van der Waals surface area contributed by atoms with Crippen LogP contribution in [0.25, 0.3) is 0 Å². The summed E-state index contributed by atoms with van der Waals surface area (Å²) in [5.74, 6) is -0.228.